The van der Waals surface area contributed by atoms with E-state index in [1.165, 1.54) is 0 Å². The van der Waals surface area contributed by atoms with Crippen LogP contribution in [0.3, 0.4) is 0 Å². The monoisotopic (exact) mass is 378 g/mol. The summed E-state index contributed by atoms with van der Waals surface area (Å²) in [5.74, 6) is -1.15. The number of hydrogen-bond donors (Lipinski definition) is 3. The molecule has 2 rings (SSSR count). The maximum Gasteiger partial charge on any atom is 0.416 e. The second-order valence-electron chi connectivity index (χ2n) is 6.26. The van der Waals surface area contributed by atoms with E-state index in [9.17, 15) is 22.8 Å². The number of anilines is 1. The molecule has 0 saturated carbocycles. The molecule has 5 nitrogen and oxygen atoms in total. The zero-order valence-corrected chi connectivity index (χ0v) is 14.4. The Bertz CT molecular complexity index is 667. The minimum Gasteiger partial charge on any atom is -0.369 e. The normalized spacial score (nSPS) is 22.3. The Morgan fingerprint density at radius 2 is 2.08 bits per heavy atom. The third-order valence-electron chi connectivity index (χ3n) is 4.52. The lowest BCUT2D eigenvalue weighted by Gasteiger charge is -2.32. The van der Waals surface area contributed by atoms with Gasteiger partial charge in [-0.05, 0) is 38.0 Å². The first kappa shape index (κ1) is 19.5. The lowest BCUT2D eigenvalue weighted by atomic mass is 9.96. The number of benzene rings is 1. The van der Waals surface area contributed by atoms with Gasteiger partial charge < -0.3 is 16.0 Å². The highest BCUT2D eigenvalue weighted by molar-refractivity contribution is 6.33. The second-order valence-corrected chi connectivity index (χ2v) is 6.66. The molecule has 1 heterocycles. The van der Waals surface area contributed by atoms with Crippen molar-refractivity contribution in [2.45, 2.75) is 32.0 Å². The molecule has 0 bridgehead atoms. The van der Waals surface area contributed by atoms with Gasteiger partial charge in [-0.2, -0.15) is 13.2 Å². The van der Waals surface area contributed by atoms with Gasteiger partial charge in [-0.3, -0.25) is 9.59 Å². The summed E-state index contributed by atoms with van der Waals surface area (Å²) < 4.78 is 38.4. The van der Waals surface area contributed by atoms with Gasteiger partial charge in [0.2, 0.25) is 5.91 Å². The van der Waals surface area contributed by atoms with Crippen molar-refractivity contribution >= 4 is 29.1 Å². The molecule has 138 valence electrons. The molecular weight excluding hydrogens is 359 g/mol. The van der Waals surface area contributed by atoms with Gasteiger partial charge in [0.25, 0.3) is 5.91 Å². The summed E-state index contributed by atoms with van der Waals surface area (Å²) in [6.07, 6.45) is -3.08. The first-order valence-corrected chi connectivity index (χ1v) is 8.29. The van der Waals surface area contributed by atoms with E-state index in [1.54, 1.807) is 6.92 Å². The molecule has 1 aliphatic heterocycles. The number of likely N-dealkylation sites (tertiary alicyclic amines) is 1. The number of nitrogens with one attached hydrogen (secondary N) is 2. The van der Waals surface area contributed by atoms with Crippen LogP contribution >= 0.6 is 11.6 Å². The van der Waals surface area contributed by atoms with Crippen molar-refractivity contribution in [3.05, 3.63) is 28.8 Å². The zero-order valence-electron chi connectivity index (χ0n) is 13.6. The Balaban J connectivity index is 2.10. The molecule has 2 amide bonds. The summed E-state index contributed by atoms with van der Waals surface area (Å²) in [7, 11) is 0. The number of primary amides is 1. The molecule has 4 N–H and O–H groups in total. The van der Waals surface area contributed by atoms with E-state index in [0.29, 0.717) is 19.5 Å². The third kappa shape index (κ3) is 4.85. The smallest absolute Gasteiger partial charge is 0.369 e. The van der Waals surface area contributed by atoms with Crippen molar-refractivity contribution in [1.82, 2.24) is 0 Å². The minimum atomic E-state index is -4.53. The first-order chi connectivity index (χ1) is 11.6. The number of halogens is 4. The number of carbonyl (C=O) groups excluding carboxylic acids is 2. The van der Waals surface area contributed by atoms with Crippen molar-refractivity contribution in [2.24, 2.45) is 11.7 Å². The molecular formula is C16H20ClF3N3O2+. The highest BCUT2D eigenvalue weighted by Crippen LogP contribution is 2.33. The Hall–Kier alpha value is -1.80. The maximum atomic E-state index is 12.8. The molecule has 1 unspecified atom stereocenters. The SMILES string of the molecule is C[C@@H](C(=O)Nc1cc(C(F)(F)F)ccc1Cl)[NH+]1CCC[C@H](C(N)=O)C1. The number of hydrogen-bond acceptors (Lipinski definition) is 2. The summed E-state index contributed by atoms with van der Waals surface area (Å²) >= 11 is 5.90. The number of alkyl halides is 3. The van der Waals surface area contributed by atoms with Crippen molar-refractivity contribution in [1.29, 1.82) is 0 Å². The molecule has 1 fully saturated rings. The lowest BCUT2D eigenvalue weighted by molar-refractivity contribution is -0.921. The standard InChI is InChI=1S/C16H19ClF3N3O2/c1-9(23-6-2-3-10(8-23)14(21)24)15(25)22-13-7-11(16(18,19)20)4-5-12(13)17/h4-5,7,9-10H,2-3,6,8H2,1H3,(H2,21,24)(H,22,25)/p+1/t9-,10-/m0/s1. The Labute approximate surface area is 148 Å². The van der Waals surface area contributed by atoms with Gasteiger partial charge in [0.1, 0.15) is 0 Å². The van der Waals surface area contributed by atoms with Crippen LogP contribution in [0, 0.1) is 5.92 Å². The first-order valence-electron chi connectivity index (χ1n) is 7.91. The van der Waals surface area contributed by atoms with Crippen LogP contribution in [0.2, 0.25) is 5.02 Å². The summed E-state index contributed by atoms with van der Waals surface area (Å²) in [5.41, 5.74) is 4.35. The van der Waals surface area contributed by atoms with Gasteiger partial charge in [0.05, 0.1) is 35.3 Å². The molecule has 9 heteroatoms. The van der Waals surface area contributed by atoms with Gasteiger partial charge in [-0.15, -0.1) is 0 Å². The minimum absolute atomic E-state index is 0.0252. The van der Waals surface area contributed by atoms with Crippen LogP contribution < -0.4 is 16.0 Å². The van der Waals surface area contributed by atoms with E-state index < -0.39 is 29.6 Å². The highest BCUT2D eigenvalue weighted by Gasteiger charge is 2.34. The van der Waals surface area contributed by atoms with Gasteiger partial charge in [-0.25, -0.2) is 0 Å². The molecule has 0 aromatic heterocycles. The molecule has 1 aliphatic rings. The van der Waals surface area contributed by atoms with Gasteiger partial charge in [0.15, 0.2) is 6.04 Å². The summed E-state index contributed by atoms with van der Waals surface area (Å²) in [5, 5.41) is 2.48. The van der Waals surface area contributed by atoms with Crippen molar-refractivity contribution in [2.75, 3.05) is 18.4 Å². The van der Waals surface area contributed by atoms with E-state index >= 15 is 0 Å². The Kier molecular flexibility index (Phi) is 5.95. The fraction of sp³-hybridized carbons (Fsp3) is 0.500. The third-order valence-corrected chi connectivity index (χ3v) is 4.85. The zero-order chi connectivity index (χ0) is 18.8. The largest absolute Gasteiger partial charge is 0.416 e. The van der Waals surface area contributed by atoms with E-state index in [1.807, 2.05) is 0 Å². The predicted molar refractivity (Wildman–Crippen MR) is 87.2 cm³/mol. The molecule has 0 spiro atoms. The van der Waals surface area contributed by atoms with E-state index in [4.69, 9.17) is 17.3 Å². The van der Waals surface area contributed by atoms with Gasteiger partial charge >= 0.3 is 6.18 Å². The summed E-state index contributed by atoms with van der Waals surface area (Å²) in [4.78, 5) is 24.6. The van der Waals surface area contributed by atoms with E-state index in [2.05, 4.69) is 5.32 Å². The van der Waals surface area contributed by atoms with Crippen molar-refractivity contribution in [3.8, 4) is 0 Å². The van der Waals surface area contributed by atoms with Gasteiger partial charge in [0, 0.05) is 0 Å². The highest BCUT2D eigenvalue weighted by atomic mass is 35.5. The van der Waals surface area contributed by atoms with E-state index in [0.717, 1.165) is 29.5 Å². The van der Waals surface area contributed by atoms with Crippen LogP contribution in [0.25, 0.3) is 0 Å². The van der Waals surface area contributed by atoms with Crippen LogP contribution in [0.1, 0.15) is 25.3 Å². The molecule has 1 aromatic rings. The summed E-state index contributed by atoms with van der Waals surface area (Å²) in [6.45, 7) is 2.78. The summed E-state index contributed by atoms with van der Waals surface area (Å²) in [6, 6.07) is 2.22. The van der Waals surface area contributed by atoms with Crippen LogP contribution in [0.4, 0.5) is 18.9 Å². The number of quaternary nitrogens is 1. The van der Waals surface area contributed by atoms with Crippen LogP contribution in [-0.4, -0.2) is 30.9 Å². The van der Waals surface area contributed by atoms with Crippen LogP contribution in [-0.2, 0) is 15.8 Å². The van der Waals surface area contributed by atoms with Crippen molar-refractivity contribution in [3.63, 3.8) is 0 Å². The average molecular weight is 379 g/mol. The second kappa shape index (κ2) is 7.61. The topological polar surface area (TPSA) is 76.6 Å². The van der Waals surface area contributed by atoms with Gasteiger partial charge in [-0.1, -0.05) is 11.6 Å². The fourth-order valence-electron chi connectivity index (χ4n) is 2.96. The molecule has 3 atom stereocenters. The molecule has 1 saturated heterocycles. The number of carbonyl (C=O) groups is 2. The predicted octanol–water partition coefficient (Wildman–Crippen LogP) is 1.47. The molecule has 0 radical (unpaired) electrons. The molecule has 0 aliphatic carbocycles. The Morgan fingerprint density at radius 1 is 1.40 bits per heavy atom. The molecule has 25 heavy (non-hydrogen) atoms. The quantitative estimate of drug-likeness (QED) is 0.742. The Morgan fingerprint density at radius 3 is 2.68 bits per heavy atom. The number of nitrogens with two attached hydrogens (primary N) is 1. The lowest BCUT2D eigenvalue weighted by Crippen LogP contribution is -3.18. The van der Waals surface area contributed by atoms with Crippen LogP contribution in [0.15, 0.2) is 18.2 Å². The molecule has 1 aromatic carbocycles. The number of amides is 2. The van der Waals surface area contributed by atoms with Crippen LogP contribution in [0.5, 0.6) is 0 Å². The number of rotatable bonds is 4. The fourth-order valence-corrected chi connectivity index (χ4v) is 3.12. The van der Waals surface area contributed by atoms with E-state index in [-0.39, 0.29) is 16.6 Å². The number of piperidine rings is 1. The maximum absolute atomic E-state index is 12.8. The van der Waals surface area contributed by atoms with Crippen molar-refractivity contribution < 1.29 is 27.7 Å². The average Bonchev–Trinajstić information content (AvgIpc) is 2.55.